The van der Waals surface area contributed by atoms with Crippen LogP contribution in [0.1, 0.15) is 18.5 Å². The second-order valence-corrected chi connectivity index (χ2v) is 5.08. The molecule has 0 bridgehead atoms. The lowest BCUT2D eigenvalue weighted by molar-refractivity contribution is 0.252. The number of aromatic nitrogens is 1. The Hall–Kier alpha value is -2.56. The largest absolute Gasteiger partial charge is 0.378 e. The van der Waals surface area contributed by atoms with Crippen molar-refractivity contribution in [3.8, 4) is 0 Å². The monoisotopic (exact) mass is 282 g/mol. The van der Waals surface area contributed by atoms with E-state index in [1.807, 2.05) is 36.4 Å². The molecule has 2 amide bonds. The molecule has 2 N–H and O–H groups in total. The van der Waals surface area contributed by atoms with Crippen LogP contribution in [0.2, 0.25) is 0 Å². The van der Waals surface area contributed by atoms with Gasteiger partial charge in [0.2, 0.25) is 0 Å². The lowest BCUT2D eigenvalue weighted by Crippen LogP contribution is -2.27. The summed E-state index contributed by atoms with van der Waals surface area (Å²) in [7, 11) is 0. The van der Waals surface area contributed by atoms with Crippen LogP contribution in [0.15, 0.2) is 48.8 Å². The fourth-order valence-electron chi connectivity index (χ4n) is 2.47. The van der Waals surface area contributed by atoms with E-state index in [0.717, 1.165) is 11.4 Å². The Labute approximate surface area is 124 Å². The Kier molecular flexibility index (Phi) is 3.73. The third-order valence-corrected chi connectivity index (χ3v) is 3.60. The zero-order valence-corrected chi connectivity index (χ0v) is 11.9. The van der Waals surface area contributed by atoms with Crippen LogP contribution in [-0.4, -0.2) is 24.1 Å². The Morgan fingerprint density at radius 2 is 2.10 bits per heavy atom. The highest BCUT2D eigenvalue weighted by Crippen LogP contribution is 2.24. The summed E-state index contributed by atoms with van der Waals surface area (Å²) in [5, 5.41) is 6.26. The van der Waals surface area contributed by atoms with Crippen LogP contribution in [0.25, 0.3) is 0 Å². The SMILES string of the molecule is CC(Nc1cccc(N2CCNC2=O)c1)c1ccncc1. The first kappa shape index (κ1) is 13.4. The lowest BCUT2D eigenvalue weighted by Gasteiger charge is -2.19. The number of carbonyl (C=O) groups is 1. The third kappa shape index (κ3) is 2.97. The van der Waals surface area contributed by atoms with Crippen molar-refractivity contribution >= 4 is 17.4 Å². The van der Waals surface area contributed by atoms with E-state index in [1.165, 1.54) is 5.56 Å². The number of hydrogen-bond donors (Lipinski definition) is 2. The first-order chi connectivity index (χ1) is 10.2. The highest BCUT2D eigenvalue weighted by atomic mass is 16.2. The summed E-state index contributed by atoms with van der Waals surface area (Å²) >= 11 is 0. The van der Waals surface area contributed by atoms with Gasteiger partial charge in [0.1, 0.15) is 0 Å². The summed E-state index contributed by atoms with van der Waals surface area (Å²) < 4.78 is 0. The van der Waals surface area contributed by atoms with Crippen LogP contribution >= 0.6 is 0 Å². The van der Waals surface area contributed by atoms with Crippen LogP contribution in [0.3, 0.4) is 0 Å². The minimum Gasteiger partial charge on any atom is -0.378 e. The number of benzene rings is 1. The van der Waals surface area contributed by atoms with E-state index in [1.54, 1.807) is 17.3 Å². The van der Waals surface area contributed by atoms with E-state index < -0.39 is 0 Å². The first-order valence-electron chi connectivity index (χ1n) is 7.06. The predicted molar refractivity (Wildman–Crippen MR) is 83.5 cm³/mol. The topological polar surface area (TPSA) is 57.3 Å². The molecule has 1 fully saturated rings. The molecule has 1 aromatic heterocycles. The van der Waals surface area contributed by atoms with Gasteiger partial charge in [0.25, 0.3) is 0 Å². The number of amides is 2. The Morgan fingerprint density at radius 1 is 1.29 bits per heavy atom. The van der Waals surface area contributed by atoms with Crippen molar-refractivity contribution in [2.45, 2.75) is 13.0 Å². The Bertz CT molecular complexity index is 629. The molecular weight excluding hydrogens is 264 g/mol. The molecule has 5 nitrogen and oxygen atoms in total. The number of nitrogens with one attached hydrogen (secondary N) is 2. The Balaban J connectivity index is 1.76. The highest BCUT2D eigenvalue weighted by molar-refractivity contribution is 5.94. The van der Waals surface area contributed by atoms with Crippen LogP contribution in [0.4, 0.5) is 16.2 Å². The molecule has 108 valence electrons. The van der Waals surface area contributed by atoms with Crippen molar-refractivity contribution in [1.29, 1.82) is 0 Å². The van der Waals surface area contributed by atoms with Crippen molar-refractivity contribution in [3.63, 3.8) is 0 Å². The van der Waals surface area contributed by atoms with Crippen LogP contribution < -0.4 is 15.5 Å². The molecule has 0 aliphatic carbocycles. The fourth-order valence-corrected chi connectivity index (χ4v) is 2.47. The van der Waals surface area contributed by atoms with Gasteiger partial charge in [0.15, 0.2) is 0 Å². The average Bonchev–Trinajstić information content (AvgIpc) is 2.94. The normalized spacial score (nSPS) is 15.7. The van der Waals surface area contributed by atoms with Crippen molar-refractivity contribution in [2.75, 3.05) is 23.3 Å². The summed E-state index contributed by atoms with van der Waals surface area (Å²) in [6, 6.07) is 12.1. The quantitative estimate of drug-likeness (QED) is 0.906. The molecule has 0 radical (unpaired) electrons. The number of nitrogens with zero attached hydrogens (tertiary/aromatic N) is 2. The van der Waals surface area contributed by atoms with Crippen molar-refractivity contribution < 1.29 is 4.79 Å². The molecule has 1 saturated heterocycles. The zero-order valence-electron chi connectivity index (χ0n) is 11.9. The number of hydrogen-bond acceptors (Lipinski definition) is 3. The molecule has 1 aliphatic rings. The second kappa shape index (κ2) is 5.83. The summed E-state index contributed by atoms with van der Waals surface area (Å²) in [6.07, 6.45) is 3.58. The molecule has 1 unspecified atom stereocenters. The van der Waals surface area contributed by atoms with Gasteiger partial charge in [0, 0.05) is 42.9 Å². The second-order valence-electron chi connectivity index (χ2n) is 5.08. The van der Waals surface area contributed by atoms with E-state index in [0.29, 0.717) is 13.1 Å². The maximum absolute atomic E-state index is 11.7. The van der Waals surface area contributed by atoms with Crippen LogP contribution in [0, 0.1) is 0 Å². The first-order valence-corrected chi connectivity index (χ1v) is 7.06. The third-order valence-electron chi connectivity index (χ3n) is 3.60. The van der Waals surface area contributed by atoms with Crippen molar-refractivity contribution in [2.24, 2.45) is 0 Å². The van der Waals surface area contributed by atoms with Crippen LogP contribution in [0.5, 0.6) is 0 Å². The van der Waals surface area contributed by atoms with Gasteiger partial charge < -0.3 is 10.6 Å². The number of rotatable bonds is 4. The van der Waals surface area contributed by atoms with Gasteiger partial charge in [-0.1, -0.05) is 6.07 Å². The van der Waals surface area contributed by atoms with Crippen LogP contribution in [-0.2, 0) is 0 Å². The van der Waals surface area contributed by atoms with E-state index in [2.05, 4.69) is 22.5 Å². The minimum absolute atomic E-state index is 0.0330. The van der Waals surface area contributed by atoms with E-state index >= 15 is 0 Å². The molecule has 1 aromatic carbocycles. The maximum atomic E-state index is 11.7. The molecule has 0 spiro atoms. The van der Waals surface area contributed by atoms with Crippen molar-refractivity contribution in [3.05, 3.63) is 54.4 Å². The van der Waals surface area contributed by atoms with Gasteiger partial charge in [0.05, 0.1) is 0 Å². The number of carbonyl (C=O) groups excluding carboxylic acids is 1. The molecular formula is C16H18N4O. The molecule has 5 heteroatoms. The summed E-state index contributed by atoms with van der Waals surface area (Å²) in [5.41, 5.74) is 3.09. The molecule has 0 saturated carbocycles. The highest BCUT2D eigenvalue weighted by Gasteiger charge is 2.21. The average molecular weight is 282 g/mol. The van der Waals surface area contributed by atoms with Gasteiger partial charge >= 0.3 is 6.03 Å². The summed E-state index contributed by atoms with van der Waals surface area (Å²) in [6.45, 7) is 3.51. The summed E-state index contributed by atoms with van der Waals surface area (Å²) in [4.78, 5) is 17.5. The van der Waals surface area contributed by atoms with E-state index in [9.17, 15) is 4.79 Å². The summed E-state index contributed by atoms with van der Waals surface area (Å²) in [5.74, 6) is 0. The lowest BCUT2D eigenvalue weighted by atomic mass is 10.1. The number of pyridine rings is 1. The Morgan fingerprint density at radius 3 is 2.81 bits per heavy atom. The smallest absolute Gasteiger partial charge is 0.321 e. The van der Waals surface area contributed by atoms with Gasteiger partial charge in [-0.05, 0) is 42.8 Å². The van der Waals surface area contributed by atoms with Gasteiger partial charge in [-0.2, -0.15) is 0 Å². The maximum Gasteiger partial charge on any atom is 0.321 e. The fraction of sp³-hybridized carbons (Fsp3) is 0.250. The number of urea groups is 1. The van der Waals surface area contributed by atoms with E-state index in [4.69, 9.17) is 0 Å². The standard InChI is InChI=1S/C16H18N4O/c1-12(13-5-7-17-8-6-13)19-14-3-2-4-15(11-14)20-10-9-18-16(20)21/h2-8,11-12,19H,9-10H2,1H3,(H,18,21). The molecule has 21 heavy (non-hydrogen) atoms. The molecule has 1 atom stereocenters. The van der Waals surface area contributed by atoms with Gasteiger partial charge in [-0.25, -0.2) is 4.79 Å². The predicted octanol–water partition coefficient (Wildman–Crippen LogP) is 2.78. The molecule has 2 heterocycles. The minimum atomic E-state index is -0.0330. The van der Waals surface area contributed by atoms with E-state index in [-0.39, 0.29) is 12.1 Å². The molecule has 1 aliphatic heterocycles. The number of anilines is 2. The zero-order chi connectivity index (χ0) is 14.7. The molecule has 3 rings (SSSR count). The van der Waals surface area contributed by atoms with Gasteiger partial charge in [-0.3, -0.25) is 9.88 Å². The van der Waals surface area contributed by atoms with Crippen molar-refractivity contribution in [1.82, 2.24) is 10.3 Å². The van der Waals surface area contributed by atoms with Gasteiger partial charge in [-0.15, -0.1) is 0 Å². The molecule has 2 aromatic rings.